The van der Waals surface area contributed by atoms with E-state index in [1.165, 1.54) is 11.1 Å². The molecule has 1 aliphatic rings. The summed E-state index contributed by atoms with van der Waals surface area (Å²) in [5, 5.41) is 4.12. The van der Waals surface area contributed by atoms with Gasteiger partial charge in [0.25, 0.3) is 0 Å². The Hall–Kier alpha value is -1.59. The highest BCUT2D eigenvalue weighted by Crippen LogP contribution is 2.24. The maximum absolute atomic E-state index is 5.43. The number of rotatable bonds is 5. The van der Waals surface area contributed by atoms with Gasteiger partial charge in [-0.15, -0.1) is 0 Å². The predicted molar refractivity (Wildman–Crippen MR) is 68.4 cm³/mol. The van der Waals surface area contributed by atoms with E-state index in [4.69, 9.17) is 13.7 Å². The maximum Gasteiger partial charge on any atom is 0.142 e. The third-order valence-corrected chi connectivity index (χ3v) is 3.42. The molecule has 0 aliphatic carbocycles. The molecule has 0 fully saturated rings. The molecule has 19 heavy (non-hydrogen) atoms. The summed E-state index contributed by atoms with van der Waals surface area (Å²) < 4.78 is 15.9. The van der Waals surface area contributed by atoms with Gasteiger partial charge in [-0.25, -0.2) is 0 Å². The third kappa shape index (κ3) is 2.72. The fraction of sp³-hybridized carbons (Fsp3) is 0.500. The van der Waals surface area contributed by atoms with Crippen LogP contribution in [-0.2, 0) is 30.9 Å². The number of ether oxygens (including phenoxy) is 1. The Labute approximate surface area is 112 Å². The molecule has 0 amide bonds. The molecule has 5 heteroatoms. The Morgan fingerprint density at radius 2 is 2.42 bits per heavy atom. The fourth-order valence-electron chi connectivity index (χ4n) is 2.41. The monoisotopic (exact) mass is 262 g/mol. The van der Waals surface area contributed by atoms with Gasteiger partial charge < -0.3 is 13.7 Å². The Kier molecular flexibility index (Phi) is 3.66. The van der Waals surface area contributed by atoms with E-state index in [2.05, 4.69) is 10.1 Å². The van der Waals surface area contributed by atoms with Crippen molar-refractivity contribution >= 4 is 0 Å². The van der Waals surface area contributed by atoms with Gasteiger partial charge in [0.05, 0.1) is 19.1 Å². The summed E-state index contributed by atoms with van der Waals surface area (Å²) in [4.78, 5) is 2.37. The normalized spacial score (nSPS) is 15.6. The molecular weight excluding hydrogens is 244 g/mol. The molecule has 0 atom stereocenters. The van der Waals surface area contributed by atoms with Crippen LogP contribution in [0.1, 0.15) is 29.5 Å². The van der Waals surface area contributed by atoms with Crippen LogP contribution in [0, 0.1) is 0 Å². The van der Waals surface area contributed by atoms with Gasteiger partial charge in [0.1, 0.15) is 11.5 Å². The lowest BCUT2D eigenvalue weighted by molar-refractivity contribution is 0.127. The molecule has 0 bridgehead atoms. The molecule has 3 rings (SSSR count). The van der Waals surface area contributed by atoms with E-state index < -0.39 is 0 Å². The molecule has 2 aromatic rings. The largest absolute Gasteiger partial charge is 0.472 e. The topological polar surface area (TPSA) is 51.6 Å². The van der Waals surface area contributed by atoms with Crippen LogP contribution in [0.4, 0.5) is 0 Å². The van der Waals surface area contributed by atoms with Crippen LogP contribution in [-0.4, -0.2) is 23.2 Å². The number of aromatic nitrogens is 1. The smallest absolute Gasteiger partial charge is 0.142 e. The van der Waals surface area contributed by atoms with Gasteiger partial charge in [-0.05, 0) is 13.0 Å². The summed E-state index contributed by atoms with van der Waals surface area (Å²) >= 11 is 0. The first-order valence-corrected chi connectivity index (χ1v) is 6.64. The molecule has 0 saturated heterocycles. The molecule has 102 valence electrons. The Morgan fingerprint density at radius 1 is 1.47 bits per heavy atom. The maximum atomic E-state index is 5.43. The lowest BCUT2D eigenvalue weighted by atomic mass is 10.1. The molecule has 0 aromatic carbocycles. The van der Waals surface area contributed by atoms with Gasteiger partial charge in [0.15, 0.2) is 0 Å². The zero-order chi connectivity index (χ0) is 13.1. The molecule has 0 radical (unpaired) electrons. The molecule has 5 nitrogen and oxygen atoms in total. The Balaban J connectivity index is 1.69. The third-order valence-electron chi connectivity index (χ3n) is 3.42. The van der Waals surface area contributed by atoms with Gasteiger partial charge in [0.2, 0.25) is 0 Å². The molecule has 0 N–H and O–H groups in total. The summed E-state index contributed by atoms with van der Waals surface area (Å²) in [5.41, 5.74) is 3.34. The molecule has 2 aromatic heterocycles. The van der Waals surface area contributed by atoms with Crippen LogP contribution in [0.5, 0.6) is 0 Å². The van der Waals surface area contributed by atoms with Crippen molar-refractivity contribution in [3.05, 3.63) is 41.2 Å². The predicted octanol–water partition coefficient (Wildman–Crippen LogP) is 2.36. The molecule has 3 heterocycles. The first kappa shape index (κ1) is 12.4. The first-order valence-electron chi connectivity index (χ1n) is 6.64. The molecule has 0 spiro atoms. The van der Waals surface area contributed by atoms with E-state index >= 15 is 0 Å². The van der Waals surface area contributed by atoms with Crippen LogP contribution >= 0.6 is 0 Å². The quantitative estimate of drug-likeness (QED) is 0.828. The zero-order valence-electron chi connectivity index (χ0n) is 11.1. The number of furan rings is 1. The van der Waals surface area contributed by atoms with E-state index in [1.54, 1.807) is 12.5 Å². The SMILES string of the molecule is CCOCc1noc2c1CN(Cc1ccoc1)CC2. The van der Waals surface area contributed by atoms with E-state index in [0.29, 0.717) is 13.2 Å². The van der Waals surface area contributed by atoms with Crippen LogP contribution in [0.15, 0.2) is 27.5 Å². The fourth-order valence-corrected chi connectivity index (χ4v) is 2.41. The van der Waals surface area contributed by atoms with Gasteiger partial charge in [-0.2, -0.15) is 0 Å². The van der Waals surface area contributed by atoms with Crippen molar-refractivity contribution in [3.63, 3.8) is 0 Å². The van der Waals surface area contributed by atoms with Gasteiger partial charge in [-0.3, -0.25) is 4.90 Å². The van der Waals surface area contributed by atoms with E-state index in [9.17, 15) is 0 Å². The highest BCUT2D eigenvalue weighted by molar-refractivity contribution is 5.25. The van der Waals surface area contributed by atoms with Crippen LogP contribution < -0.4 is 0 Å². The Morgan fingerprint density at radius 3 is 3.21 bits per heavy atom. The standard InChI is InChI=1S/C14H18N2O3/c1-2-17-10-13-12-8-16(5-3-14(12)19-15-13)7-11-4-6-18-9-11/h4,6,9H,2-3,5,7-8,10H2,1H3. The van der Waals surface area contributed by atoms with Crippen molar-refractivity contribution < 1.29 is 13.7 Å². The molecular formula is C14H18N2O3. The van der Waals surface area contributed by atoms with E-state index in [0.717, 1.165) is 37.5 Å². The van der Waals surface area contributed by atoms with Crippen molar-refractivity contribution in [3.8, 4) is 0 Å². The van der Waals surface area contributed by atoms with Crippen molar-refractivity contribution in [2.24, 2.45) is 0 Å². The highest BCUT2D eigenvalue weighted by Gasteiger charge is 2.24. The van der Waals surface area contributed by atoms with Crippen LogP contribution in [0.2, 0.25) is 0 Å². The van der Waals surface area contributed by atoms with Crippen molar-refractivity contribution in [2.75, 3.05) is 13.2 Å². The lowest BCUT2D eigenvalue weighted by Crippen LogP contribution is -2.29. The number of hydrogen-bond acceptors (Lipinski definition) is 5. The average Bonchev–Trinajstić information content (AvgIpc) is 3.06. The minimum absolute atomic E-state index is 0.537. The van der Waals surface area contributed by atoms with Gasteiger partial charge in [0, 0.05) is 43.8 Å². The number of fused-ring (bicyclic) bond motifs is 1. The molecule has 0 saturated carbocycles. The molecule has 1 aliphatic heterocycles. The second-order valence-electron chi connectivity index (χ2n) is 4.76. The van der Waals surface area contributed by atoms with Crippen molar-refractivity contribution in [2.45, 2.75) is 33.0 Å². The van der Waals surface area contributed by atoms with E-state index in [1.807, 2.05) is 13.0 Å². The minimum atomic E-state index is 0.537. The first-order chi connectivity index (χ1) is 9.36. The summed E-state index contributed by atoms with van der Waals surface area (Å²) in [6.07, 6.45) is 4.42. The van der Waals surface area contributed by atoms with E-state index in [-0.39, 0.29) is 0 Å². The van der Waals surface area contributed by atoms with Crippen LogP contribution in [0.25, 0.3) is 0 Å². The molecule has 0 unspecified atom stereocenters. The second-order valence-corrected chi connectivity index (χ2v) is 4.76. The van der Waals surface area contributed by atoms with Gasteiger partial charge >= 0.3 is 0 Å². The summed E-state index contributed by atoms with van der Waals surface area (Å²) in [6.45, 7) is 5.97. The van der Waals surface area contributed by atoms with Crippen molar-refractivity contribution in [1.29, 1.82) is 0 Å². The van der Waals surface area contributed by atoms with Crippen molar-refractivity contribution in [1.82, 2.24) is 10.1 Å². The van der Waals surface area contributed by atoms with Crippen LogP contribution in [0.3, 0.4) is 0 Å². The number of nitrogens with zero attached hydrogens (tertiary/aromatic N) is 2. The zero-order valence-corrected chi connectivity index (χ0v) is 11.1. The number of hydrogen-bond donors (Lipinski definition) is 0. The summed E-state index contributed by atoms with van der Waals surface area (Å²) in [6, 6.07) is 2.00. The lowest BCUT2D eigenvalue weighted by Gasteiger charge is -2.25. The summed E-state index contributed by atoms with van der Waals surface area (Å²) in [5.74, 6) is 1.01. The van der Waals surface area contributed by atoms with Gasteiger partial charge in [-0.1, -0.05) is 5.16 Å². The summed E-state index contributed by atoms with van der Waals surface area (Å²) in [7, 11) is 0. The Bertz CT molecular complexity index is 519. The average molecular weight is 262 g/mol. The highest BCUT2D eigenvalue weighted by atomic mass is 16.5. The minimum Gasteiger partial charge on any atom is -0.472 e. The second kappa shape index (κ2) is 5.59.